The normalized spacial score (nSPS) is 21.3. The van der Waals surface area contributed by atoms with Gasteiger partial charge in [-0.3, -0.25) is 0 Å². The van der Waals surface area contributed by atoms with Gasteiger partial charge in [-0.05, 0) is 59.2 Å². The first-order valence-corrected chi connectivity index (χ1v) is 7.16. The maximum Gasteiger partial charge on any atom is 0.133 e. The van der Waals surface area contributed by atoms with Crippen molar-refractivity contribution < 1.29 is 4.74 Å². The first-order valence-electron chi connectivity index (χ1n) is 6.37. The van der Waals surface area contributed by atoms with E-state index in [1.807, 2.05) is 6.07 Å². The van der Waals surface area contributed by atoms with Crippen molar-refractivity contribution in [3.05, 3.63) is 28.2 Å². The summed E-state index contributed by atoms with van der Waals surface area (Å²) in [6.45, 7) is 1.59. The minimum atomic E-state index is 0.220. The van der Waals surface area contributed by atoms with Crippen molar-refractivity contribution in [2.45, 2.75) is 31.1 Å². The van der Waals surface area contributed by atoms with E-state index in [2.05, 4.69) is 28.1 Å². The molecule has 2 aliphatic carbocycles. The van der Waals surface area contributed by atoms with Crippen LogP contribution in [0.25, 0.3) is 0 Å². The summed E-state index contributed by atoms with van der Waals surface area (Å²) in [7, 11) is 0. The molecule has 0 radical (unpaired) electrons. The number of nitrogens with two attached hydrogens (primary N) is 1. The zero-order valence-electron chi connectivity index (χ0n) is 9.92. The second kappa shape index (κ2) is 4.29. The van der Waals surface area contributed by atoms with Crippen LogP contribution in [0.2, 0.25) is 0 Å². The van der Waals surface area contributed by atoms with Crippen molar-refractivity contribution >= 4 is 15.9 Å². The molecule has 92 valence electrons. The second-order valence-corrected chi connectivity index (χ2v) is 6.15. The Kier molecular flexibility index (Phi) is 2.91. The Hall–Kier alpha value is -0.540. The van der Waals surface area contributed by atoms with Crippen molar-refractivity contribution in [3.8, 4) is 5.75 Å². The summed E-state index contributed by atoms with van der Waals surface area (Å²) in [5.41, 5.74) is 7.44. The van der Waals surface area contributed by atoms with Gasteiger partial charge in [0.05, 0.1) is 11.1 Å². The van der Waals surface area contributed by atoms with Crippen molar-refractivity contribution in [2.75, 3.05) is 13.2 Å². The fraction of sp³-hybridized carbons (Fsp3) is 0.571. The van der Waals surface area contributed by atoms with Gasteiger partial charge in [0.25, 0.3) is 0 Å². The number of hydrogen-bond donors (Lipinski definition) is 1. The minimum absolute atomic E-state index is 0.220. The van der Waals surface area contributed by atoms with Crippen LogP contribution in [0.1, 0.15) is 31.2 Å². The van der Waals surface area contributed by atoms with Gasteiger partial charge in [-0.1, -0.05) is 12.1 Å². The van der Waals surface area contributed by atoms with Crippen molar-refractivity contribution in [3.63, 3.8) is 0 Å². The quantitative estimate of drug-likeness (QED) is 0.905. The summed E-state index contributed by atoms with van der Waals surface area (Å²) >= 11 is 3.69. The lowest BCUT2D eigenvalue weighted by atomic mass is 9.96. The summed E-state index contributed by atoms with van der Waals surface area (Å²) in [6.07, 6.45) is 5.05. The van der Waals surface area contributed by atoms with E-state index in [9.17, 15) is 0 Å². The first kappa shape index (κ1) is 11.5. The molecule has 3 rings (SSSR count). The van der Waals surface area contributed by atoms with Crippen LogP contribution in [0.15, 0.2) is 22.7 Å². The molecule has 2 aliphatic rings. The predicted molar refractivity (Wildman–Crippen MR) is 72.3 cm³/mol. The van der Waals surface area contributed by atoms with E-state index in [-0.39, 0.29) is 5.41 Å². The van der Waals surface area contributed by atoms with Crippen LogP contribution in [0.4, 0.5) is 0 Å². The standard InChI is InChI=1S/C14H18BrNO/c15-13-11(14(9-16)6-7-14)2-1-3-12(13)17-8-10-4-5-10/h1-3,10H,4-9,16H2. The molecule has 1 aromatic carbocycles. The van der Waals surface area contributed by atoms with E-state index in [0.717, 1.165) is 29.3 Å². The Labute approximate surface area is 111 Å². The van der Waals surface area contributed by atoms with E-state index in [1.54, 1.807) is 0 Å². The largest absolute Gasteiger partial charge is 0.492 e. The second-order valence-electron chi connectivity index (χ2n) is 5.36. The average Bonchev–Trinajstić information content (AvgIpc) is 3.23. The summed E-state index contributed by atoms with van der Waals surface area (Å²) < 4.78 is 7.00. The Morgan fingerprint density at radius 3 is 2.71 bits per heavy atom. The molecule has 0 bridgehead atoms. The monoisotopic (exact) mass is 295 g/mol. The third-order valence-corrected chi connectivity index (χ3v) is 4.77. The van der Waals surface area contributed by atoms with Crippen LogP contribution in [-0.4, -0.2) is 13.2 Å². The summed E-state index contributed by atoms with van der Waals surface area (Å²) in [5.74, 6) is 1.77. The van der Waals surface area contributed by atoms with Gasteiger partial charge in [0, 0.05) is 12.0 Å². The summed E-state index contributed by atoms with van der Waals surface area (Å²) in [4.78, 5) is 0. The third kappa shape index (κ3) is 2.23. The average molecular weight is 296 g/mol. The van der Waals surface area contributed by atoms with Crippen LogP contribution in [0, 0.1) is 5.92 Å². The van der Waals surface area contributed by atoms with Crippen LogP contribution in [0.5, 0.6) is 5.75 Å². The van der Waals surface area contributed by atoms with E-state index >= 15 is 0 Å². The third-order valence-electron chi connectivity index (χ3n) is 3.95. The molecule has 2 N–H and O–H groups in total. The highest BCUT2D eigenvalue weighted by molar-refractivity contribution is 9.10. The molecular weight excluding hydrogens is 278 g/mol. The highest BCUT2D eigenvalue weighted by Crippen LogP contribution is 2.51. The highest BCUT2D eigenvalue weighted by Gasteiger charge is 2.44. The van der Waals surface area contributed by atoms with Gasteiger partial charge in [-0.25, -0.2) is 0 Å². The van der Waals surface area contributed by atoms with Gasteiger partial charge < -0.3 is 10.5 Å². The van der Waals surface area contributed by atoms with Gasteiger partial charge in [0.1, 0.15) is 5.75 Å². The summed E-state index contributed by atoms with van der Waals surface area (Å²) in [5, 5.41) is 0. The fourth-order valence-electron chi connectivity index (χ4n) is 2.26. The molecule has 17 heavy (non-hydrogen) atoms. The lowest BCUT2D eigenvalue weighted by Crippen LogP contribution is -2.20. The topological polar surface area (TPSA) is 35.2 Å². The van der Waals surface area contributed by atoms with Gasteiger partial charge in [0.15, 0.2) is 0 Å². The fourth-order valence-corrected chi connectivity index (χ4v) is 3.06. The number of halogens is 1. The van der Waals surface area contributed by atoms with Crippen molar-refractivity contribution in [2.24, 2.45) is 11.7 Å². The van der Waals surface area contributed by atoms with Gasteiger partial charge in [-0.2, -0.15) is 0 Å². The van der Waals surface area contributed by atoms with Crippen LogP contribution >= 0.6 is 15.9 Å². The number of rotatable bonds is 5. The lowest BCUT2D eigenvalue weighted by molar-refractivity contribution is 0.297. The van der Waals surface area contributed by atoms with Crippen molar-refractivity contribution in [1.29, 1.82) is 0 Å². The SMILES string of the molecule is NCC1(c2cccc(OCC3CC3)c2Br)CC1. The van der Waals surface area contributed by atoms with Crippen LogP contribution < -0.4 is 10.5 Å². The molecule has 1 aromatic rings. The Balaban J connectivity index is 1.81. The minimum Gasteiger partial charge on any atom is -0.492 e. The Morgan fingerprint density at radius 1 is 1.35 bits per heavy atom. The summed E-state index contributed by atoms with van der Waals surface area (Å²) in [6, 6.07) is 6.30. The molecule has 0 saturated heterocycles. The van der Waals surface area contributed by atoms with E-state index in [4.69, 9.17) is 10.5 Å². The molecule has 0 unspecified atom stereocenters. The molecule has 2 saturated carbocycles. The van der Waals surface area contributed by atoms with E-state index < -0.39 is 0 Å². The molecular formula is C14H18BrNO. The lowest BCUT2D eigenvalue weighted by Gasteiger charge is -2.17. The Morgan fingerprint density at radius 2 is 2.12 bits per heavy atom. The number of ether oxygens (including phenoxy) is 1. The molecule has 2 fully saturated rings. The van der Waals surface area contributed by atoms with Gasteiger partial charge in [-0.15, -0.1) is 0 Å². The molecule has 2 nitrogen and oxygen atoms in total. The smallest absolute Gasteiger partial charge is 0.133 e. The maximum atomic E-state index is 5.89. The predicted octanol–water partition coefficient (Wildman–Crippen LogP) is 3.23. The number of hydrogen-bond acceptors (Lipinski definition) is 2. The molecule has 0 atom stereocenters. The zero-order chi connectivity index (χ0) is 11.9. The molecule has 0 amide bonds. The highest BCUT2D eigenvalue weighted by atomic mass is 79.9. The molecule has 3 heteroatoms. The van der Waals surface area contributed by atoms with Crippen molar-refractivity contribution in [1.82, 2.24) is 0 Å². The molecule has 0 spiro atoms. The van der Waals surface area contributed by atoms with Crippen LogP contribution in [-0.2, 0) is 5.41 Å². The van der Waals surface area contributed by atoms with Gasteiger partial charge >= 0.3 is 0 Å². The maximum absolute atomic E-state index is 5.89. The van der Waals surface area contributed by atoms with E-state index in [0.29, 0.717) is 0 Å². The molecule has 0 aromatic heterocycles. The Bertz CT molecular complexity index is 424. The number of benzene rings is 1. The zero-order valence-corrected chi connectivity index (χ0v) is 11.5. The van der Waals surface area contributed by atoms with Gasteiger partial charge in [0.2, 0.25) is 0 Å². The molecule has 0 heterocycles. The molecule has 0 aliphatic heterocycles. The van der Waals surface area contributed by atoms with E-state index in [1.165, 1.54) is 31.2 Å². The van der Waals surface area contributed by atoms with Crippen LogP contribution in [0.3, 0.4) is 0 Å². The first-order chi connectivity index (χ1) is 8.25.